The fraction of sp³-hybridized carbons (Fsp3) is 0.538. The van der Waals surface area contributed by atoms with Gasteiger partial charge in [-0.1, -0.05) is 6.07 Å². The Morgan fingerprint density at radius 3 is 2.59 bits per heavy atom. The summed E-state index contributed by atoms with van der Waals surface area (Å²) in [6.45, 7) is 4.47. The molecule has 2 rings (SSSR count). The Balaban J connectivity index is 1.94. The van der Waals surface area contributed by atoms with Crippen LogP contribution in [0, 0.1) is 0 Å². The average molecular weight is 237 g/mol. The highest BCUT2D eigenvalue weighted by molar-refractivity contribution is 5.40. The van der Waals surface area contributed by atoms with Gasteiger partial charge in [0.2, 0.25) is 0 Å². The minimum atomic E-state index is -0.0778. The standard InChI is InChI=1S/C13H19NO3/c1-13(4-6-17-7-5-13)14-9-10-2-3-11(15)12(16)8-10/h2-3,8,14-16H,4-7,9H2,1H3. The van der Waals surface area contributed by atoms with E-state index in [0.29, 0.717) is 6.54 Å². The fourth-order valence-corrected chi connectivity index (χ4v) is 1.99. The van der Waals surface area contributed by atoms with Crippen LogP contribution in [0.4, 0.5) is 0 Å². The Bertz CT molecular complexity index is 386. The van der Waals surface area contributed by atoms with Gasteiger partial charge in [-0.2, -0.15) is 0 Å². The summed E-state index contributed by atoms with van der Waals surface area (Å²) in [4.78, 5) is 0. The van der Waals surface area contributed by atoms with Crippen molar-refractivity contribution in [1.29, 1.82) is 0 Å². The van der Waals surface area contributed by atoms with Crippen molar-refractivity contribution in [2.75, 3.05) is 13.2 Å². The summed E-state index contributed by atoms with van der Waals surface area (Å²) in [5.41, 5.74) is 1.07. The molecule has 1 aliphatic rings. The molecule has 0 radical (unpaired) electrons. The van der Waals surface area contributed by atoms with E-state index < -0.39 is 0 Å². The zero-order valence-corrected chi connectivity index (χ0v) is 10.1. The first-order chi connectivity index (χ1) is 8.09. The van der Waals surface area contributed by atoms with Crippen molar-refractivity contribution in [3.8, 4) is 11.5 Å². The molecule has 4 nitrogen and oxygen atoms in total. The summed E-state index contributed by atoms with van der Waals surface area (Å²) in [6, 6.07) is 4.91. The highest BCUT2D eigenvalue weighted by atomic mass is 16.5. The second-order valence-corrected chi connectivity index (χ2v) is 4.85. The number of phenols is 2. The van der Waals surface area contributed by atoms with Crippen molar-refractivity contribution >= 4 is 0 Å². The van der Waals surface area contributed by atoms with E-state index >= 15 is 0 Å². The Morgan fingerprint density at radius 1 is 1.24 bits per heavy atom. The van der Waals surface area contributed by atoms with Gasteiger partial charge in [-0.05, 0) is 37.5 Å². The van der Waals surface area contributed by atoms with Gasteiger partial charge in [-0.3, -0.25) is 0 Å². The van der Waals surface area contributed by atoms with Crippen LogP contribution in [-0.4, -0.2) is 29.0 Å². The van der Waals surface area contributed by atoms with Crippen LogP contribution in [-0.2, 0) is 11.3 Å². The fourth-order valence-electron chi connectivity index (χ4n) is 1.99. The van der Waals surface area contributed by atoms with Gasteiger partial charge >= 0.3 is 0 Å². The minimum Gasteiger partial charge on any atom is -0.504 e. The van der Waals surface area contributed by atoms with Gasteiger partial charge in [0, 0.05) is 25.3 Å². The first kappa shape index (κ1) is 12.2. The molecule has 0 saturated carbocycles. The van der Waals surface area contributed by atoms with Crippen LogP contribution < -0.4 is 5.32 Å². The van der Waals surface area contributed by atoms with Gasteiger partial charge in [0.25, 0.3) is 0 Å². The van der Waals surface area contributed by atoms with E-state index in [4.69, 9.17) is 4.74 Å². The highest BCUT2D eigenvalue weighted by Gasteiger charge is 2.26. The molecule has 0 aliphatic carbocycles. The molecule has 1 heterocycles. The average Bonchev–Trinajstić information content (AvgIpc) is 2.32. The smallest absolute Gasteiger partial charge is 0.157 e. The molecular formula is C13H19NO3. The summed E-state index contributed by atoms with van der Waals surface area (Å²) in [7, 11) is 0. The molecule has 94 valence electrons. The number of rotatable bonds is 3. The van der Waals surface area contributed by atoms with Gasteiger partial charge in [0.05, 0.1) is 0 Å². The lowest BCUT2D eigenvalue weighted by molar-refractivity contribution is 0.0446. The summed E-state index contributed by atoms with van der Waals surface area (Å²) < 4.78 is 5.34. The largest absolute Gasteiger partial charge is 0.504 e. The third kappa shape index (κ3) is 3.11. The number of ether oxygens (including phenoxy) is 1. The number of hydrogen-bond acceptors (Lipinski definition) is 4. The molecule has 0 unspecified atom stereocenters. The molecule has 0 bridgehead atoms. The van der Waals surface area contributed by atoms with Crippen molar-refractivity contribution in [2.24, 2.45) is 0 Å². The van der Waals surface area contributed by atoms with Crippen molar-refractivity contribution < 1.29 is 14.9 Å². The molecule has 0 spiro atoms. The molecule has 1 aromatic carbocycles. The number of benzene rings is 1. The summed E-state index contributed by atoms with van der Waals surface area (Å²) in [6.07, 6.45) is 1.99. The third-order valence-corrected chi connectivity index (χ3v) is 3.36. The van der Waals surface area contributed by atoms with E-state index in [9.17, 15) is 10.2 Å². The van der Waals surface area contributed by atoms with Crippen molar-refractivity contribution in [3.63, 3.8) is 0 Å². The molecule has 17 heavy (non-hydrogen) atoms. The van der Waals surface area contributed by atoms with E-state index in [2.05, 4.69) is 12.2 Å². The quantitative estimate of drug-likeness (QED) is 0.701. The van der Waals surface area contributed by atoms with Crippen LogP contribution in [0.5, 0.6) is 11.5 Å². The topological polar surface area (TPSA) is 61.7 Å². The van der Waals surface area contributed by atoms with Crippen LogP contribution >= 0.6 is 0 Å². The number of hydrogen-bond donors (Lipinski definition) is 3. The molecule has 1 aromatic rings. The van der Waals surface area contributed by atoms with E-state index in [1.807, 2.05) is 6.07 Å². The zero-order valence-electron chi connectivity index (χ0n) is 10.1. The molecule has 1 aliphatic heterocycles. The van der Waals surface area contributed by atoms with Gasteiger partial charge in [0.15, 0.2) is 11.5 Å². The number of aromatic hydroxyl groups is 2. The van der Waals surface area contributed by atoms with E-state index in [0.717, 1.165) is 31.6 Å². The lowest BCUT2D eigenvalue weighted by Crippen LogP contribution is -2.46. The lowest BCUT2D eigenvalue weighted by atomic mass is 9.92. The van der Waals surface area contributed by atoms with Crippen LogP contribution in [0.15, 0.2) is 18.2 Å². The predicted octanol–water partition coefficient (Wildman–Crippen LogP) is 1.76. The minimum absolute atomic E-state index is 0.0681. The van der Waals surface area contributed by atoms with E-state index in [1.165, 1.54) is 6.07 Å². The number of nitrogens with one attached hydrogen (secondary N) is 1. The van der Waals surface area contributed by atoms with Crippen molar-refractivity contribution in [2.45, 2.75) is 31.8 Å². The Morgan fingerprint density at radius 2 is 1.94 bits per heavy atom. The molecular weight excluding hydrogens is 218 g/mol. The Kier molecular flexibility index (Phi) is 3.54. The first-order valence-corrected chi connectivity index (χ1v) is 5.93. The Labute approximate surface area is 101 Å². The van der Waals surface area contributed by atoms with Crippen LogP contribution in [0.25, 0.3) is 0 Å². The number of phenolic OH excluding ortho intramolecular Hbond substituents is 2. The molecule has 0 atom stereocenters. The first-order valence-electron chi connectivity index (χ1n) is 5.93. The lowest BCUT2D eigenvalue weighted by Gasteiger charge is -2.34. The molecule has 0 amide bonds. The van der Waals surface area contributed by atoms with E-state index in [1.54, 1.807) is 6.07 Å². The van der Waals surface area contributed by atoms with Gasteiger partial charge in [0.1, 0.15) is 0 Å². The van der Waals surface area contributed by atoms with Crippen LogP contribution in [0.1, 0.15) is 25.3 Å². The summed E-state index contributed by atoms with van der Waals surface area (Å²) in [5.74, 6) is -0.146. The third-order valence-electron chi connectivity index (χ3n) is 3.36. The second-order valence-electron chi connectivity index (χ2n) is 4.85. The SMILES string of the molecule is CC1(NCc2ccc(O)c(O)c2)CCOCC1. The van der Waals surface area contributed by atoms with Crippen LogP contribution in [0.3, 0.4) is 0 Å². The van der Waals surface area contributed by atoms with E-state index in [-0.39, 0.29) is 17.0 Å². The summed E-state index contributed by atoms with van der Waals surface area (Å²) >= 11 is 0. The molecule has 1 saturated heterocycles. The van der Waals surface area contributed by atoms with Crippen molar-refractivity contribution in [1.82, 2.24) is 5.32 Å². The zero-order chi connectivity index (χ0) is 12.3. The molecule has 0 aromatic heterocycles. The molecule has 3 N–H and O–H groups in total. The van der Waals surface area contributed by atoms with Crippen LogP contribution in [0.2, 0.25) is 0 Å². The predicted molar refractivity (Wildman–Crippen MR) is 65.1 cm³/mol. The maximum atomic E-state index is 9.40. The van der Waals surface area contributed by atoms with Gasteiger partial charge in [-0.25, -0.2) is 0 Å². The van der Waals surface area contributed by atoms with Crippen molar-refractivity contribution in [3.05, 3.63) is 23.8 Å². The molecule has 1 fully saturated rings. The van der Waals surface area contributed by atoms with Gasteiger partial charge in [-0.15, -0.1) is 0 Å². The normalized spacial score (nSPS) is 19.1. The Hall–Kier alpha value is -1.26. The monoisotopic (exact) mass is 237 g/mol. The maximum absolute atomic E-state index is 9.40. The summed E-state index contributed by atoms with van der Waals surface area (Å²) in [5, 5.41) is 22.1. The highest BCUT2D eigenvalue weighted by Crippen LogP contribution is 2.26. The molecule has 4 heteroatoms. The second kappa shape index (κ2) is 4.94. The maximum Gasteiger partial charge on any atom is 0.157 e. The van der Waals surface area contributed by atoms with Gasteiger partial charge < -0.3 is 20.3 Å².